The van der Waals surface area contributed by atoms with Gasteiger partial charge in [-0.3, -0.25) is 0 Å². The molecule has 0 amide bonds. The van der Waals surface area contributed by atoms with Crippen LogP contribution in [0.4, 0.5) is 0 Å². The fourth-order valence-electron chi connectivity index (χ4n) is 2.63. The number of aryl methyl sites for hydroxylation is 3. The normalized spacial score (nSPS) is 14.9. The molecule has 6 heteroatoms. The molecular formula is C15H18N2O3S. The van der Waals surface area contributed by atoms with Gasteiger partial charge in [-0.1, -0.05) is 11.2 Å². The van der Waals surface area contributed by atoms with Gasteiger partial charge in [-0.05, 0) is 55.9 Å². The van der Waals surface area contributed by atoms with Crippen LogP contribution in [0.3, 0.4) is 0 Å². The molecule has 2 aromatic rings. The fraction of sp³-hybridized carbons (Fsp3) is 0.400. The molecule has 0 bridgehead atoms. The monoisotopic (exact) mass is 306 g/mol. The van der Waals surface area contributed by atoms with Crippen molar-refractivity contribution in [2.45, 2.75) is 44.0 Å². The maximum absolute atomic E-state index is 12.3. The predicted octanol–water partition coefficient (Wildman–Crippen LogP) is 2.34. The highest BCUT2D eigenvalue weighted by Crippen LogP contribution is 2.24. The van der Waals surface area contributed by atoms with Crippen LogP contribution in [0, 0.1) is 6.92 Å². The van der Waals surface area contributed by atoms with Crippen LogP contribution in [0.15, 0.2) is 33.7 Å². The van der Waals surface area contributed by atoms with E-state index >= 15 is 0 Å². The van der Waals surface area contributed by atoms with E-state index in [-0.39, 0.29) is 6.54 Å². The molecule has 0 unspecified atom stereocenters. The van der Waals surface area contributed by atoms with Gasteiger partial charge in [0.05, 0.1) is 17.1 Å². The Morgan fingerprint density at radius 2 is 1.95 bits per heavy atom. The molecule has 1 aromatic carbocycles. The van der Waals surface area contributed by atoms with Crippen LogP contribution in [0.5, 0.6) is 0 Å². The average molecular weight is 306 g/mol. The van der Waals surface area contributed by atoms with Crippen LogP contribution in [-0.2, 0) is 29.4 Å². The maximum Gasteiger partial charge on any atom is 0.240 e. The van der Waals surface area contributed by atoms with Crippen molar-refractivity contribution >= 4 is 10.0 Å². The third kappa shape index (κ3) is 3.16. The first-order valence-corrected chi connectivity index (χ1v) is 8.56. The highest BCUT2D eigenvalue weighted by atomic mass is 32.2. The van der Waals surface area contributed by atoms with Crippen molar-refractivity contribution in [1.82, 2.24) is 9.88 Å². The van der Waals surface area contributed by atoms with E-state index in [9.17, 15) is 8.42 Å². The number of benzene rings is 1. The molecule has 112 valence electrons. The first-order valence-electron chi connectivity index (χ1n) is 7.08. The van der Waals surface area contributed by atoms with Crippen molar-refractivity contribution in [3.8, 4) is 0 Å². The first-order chi connectivity index (χ1) is 10.0. The molecule has 0 spiro atoms. The third-order valence-electron chi connectivity index (χ3n) is 3.75. The van der Waals surface area contributed by atoms with Gasteiger partial charge in [-0.2, -0.15) is 0 Å². The Bertz CT molecular complexity index is 750. The molecule has 1 heterocycles. The Morgan fingerprint density at radius 1 is 1.19 bits per heavy atom. The average Bonchev–Trinajstić information content (AvgIpc) is 2.90. The topological polar surface area (TPSA) is 72.2 Å². The number of nitrogens with zero attached hydrogens (tertiary/aromatic N) is 1. The quantitative estimate of drug-likeness (QED) is 0.941. The number of sulfonamides is 1. The lowest BCUT2D eigenvalue weighted by atomic mass is 9.92. The van der Waals surface area contributed by atoms with Crippen LogP contribution < -0.4 is 4.72 Å². The van der Waals surface area contributed by atoms with Crippen molar-refractivity contribution in [3.63, 3.8) is 0 Å². The SMILES string of the molecule is Cc1cc(CNS(=O)(=O)c2ccc3c(c2)CCCC3)no1. The van der Waals surface area contributed by atoms with E-state index in [2.05, 4.69) is 9.88 Å². The molecule has 21 heavy (non-hydrogen) atoms. The first kappa shape index (κ1) is 14.3. The molecule has 1 aromatic heterocycles. The van der Waals surface area contributed by atoms with E-state index in [1.54, 1.807) is 25.1 Å². The van der Waals surface area contributed by atoms with E-state index in [4.69, 9.17) is 4.52 Å². The van der Waals surface area contributed by atoms with Crippen molar-refractivity contribution in [2.24, 2.45) is 0 Å². The number of hydrogen-bond donors (Lipinski definition) is 1. The molecule has 3 rings (SSSR count). The van der Waals surface area contributed by atoms with Crippen LogP contribution in [0.2, 0.25) is 0 Å². The summed E-state index contributed by atoms with van der Waals surface area (Å²) in [6.45, 7) is 1.91. The summed E-state index contributed by atoms with van der Waals surface area (Å²) in [5.74, 6) is 0.665. The van der Waals surface area contributed by atoms with Gasteiger partial charge in [0.15, 0.2) is 0 Å². The van der Waals surface area contributed by atoms with Crippen LogP contribution >= 0.6 is 0 Å². The smallest absolute Gasteiger partial charge is 0.240 e. The number of aromatic nitrogens is 1. The summed E-state index contributed by atoms with van der Waals surface area (Å²) in [6.07, 6.45) is 4.31. The summed E-state index contributed by atoms with van der Waals surface area (Å²) >= 11 is 0. The Morgan fingerprint density at radius 3 is 2.67 bits per heavy atom. The molecule has 1 aliphatic carbocycles. The number of fused-ring (bicyclic) bond motifs is 1. The van der Waals surface area contributed by atoms with Crippen LogP contribution in [0.1, 0.15) is 35.4 Å². The molecule has 1 N–H and O–H groups in total. The van der Waals surface area contributed by atoms with Crippen molar-refractivity contribution in [3.05, 3.63) is 46.8 Å². The molecule has 0 aliphatic heterocycles. The van der Waals surface area contributed by atoms with Gasteiger partial charge in [0, 0.05) is 6.07 Å². The van der Waals surface area contributed by atoms with Gasteiger partial charge in [0.1, 0.15) is 5.76 Å². The highest BCUT2D eigenvalue weighted by molar-refractivity contribution is 7.89. The fourth-order valence-corrected chi connectivity index (χ4v) is 3.68. The molecule has 0 radical (unpaired) electrons. The Hall–Kier alpha value is -1.66. The van der Waals surface area contributed by atoms with E-state index in [1.165, 1.54) is 12.0 Å². The minimum atomic E-state index is -3.51. The molecule has 0 fully saturated rings. The minimum absolute atomic E-state index is 0.136. The van der Waals surface area contributed by atoms with E-state index < -0.39 is 10.0 Å². The van der Waals surface area contributed by atoms with E-state index in [1.807, 2.05) is 6.07 Å². The van der Waals surface area contributed by atoms with Crippen molar-refractivity contribution < 1.29 is 12.9 Å². The van der Waals surface area contributed by atoms with Gasteiger partial charge < -0.3 is 4.52 Å². The molecule has 0 saturated carbocycles. The second kappa shape index (κ2) is 5.61. The summed E-state index contributed by atoms with van der Waals surface area (Å²) < 4.78 is 32.1. The van der Waals surface area contributed by atoms with Crippen LogP contribution in [0.25, 0.3) is 0 Å². The Balaban J connectivity index is 1.78. The highest BCUT2D eigenvalue weighted by Gasteiger charge is 2.18. The Labute approximate surface area is 124 Å². The summed E-state index contributed by atoms with van der Waals surface area (Å²) in [5.41, 5.74) is 3.00. The summed E-state index contributed by atoms with van der Waals surface area (Å²) in [4.78, 5) is 0.323. The third-order valence-corrected chi connectivity index (χ3v) is 5.15. The van der Waals surface area contributed by atoms with Gasteiger partial charge in [0.25, 0.3) is 0 Å². The zero-order chi connectivity index (χ0) is 14.9. The van der Waals surface area contributed by atoms with E-state index in [0.29, 0.717) is 16.3 Å². The van der Waals surface area contributed by atoms with Crippen LogP contribution in [-0.4, -0.2) is 13.6 Å². The van der Waals surface area contributed by atoms with Crippen molar-refractivity contribution in [1.29, 1.82) is 0 Å². The van der Waals surface area contributed by atoms with Gasteiger partial charge >= 0.3 is 0 Å². The summed E-state index contributed by atoms with van der Waals surface area (Å²) in [5, 5.41) is 3.78. The summed E-state index contributed by atoms with van der Waals surface area (Å²) in [6, 6.07) is 7.13. The second-order valence-corrected chi connectivity index (χ2v) is 7.16. The number of rotatable bonds is 4. The van der Waals surface area contributed by atoms with Gasteiger partial charge in [-0.25, -0.2) is 13.1 Å². The lowest BCUT2D eigenvalue weighted by Gasteiger charge is -2.16. The molecule has 0 atom stereocenters. The zero-order valence-corrected chi connectivity index (χ0v) is 12.7. The molecule has 0 saturated heterocycles. The zero-order valence-electron chi connectivity index (χ0n) is 11.9. The predicted molar refractivity (Wildman–Crippen MR) is 78.3 cm³/mol. The van der Waals surface area contributed by atoms with Gasteiger partial charge in [-0.15, -0.1) is 0 Å². The molecule has 1 aliphatic rings. The minimum Gasteiger partial charge on any atom is -0.361 e. The lowest BCUT2D eigenvalue weighted by Crippen LogP contribution is -2.23. The lowest BCUT2D eigenvalue weighted by molar-refractivity contribution is 0.390. The maximum atomic E-state index is 12.3. The molecule has 5 nitrogen and oxygen atoms in total. The second-order valence-electron chi connectivity index (χ2n) is 5.39. The van der Waals surface area contributed by atoms with Crippen molar-refractivity contribution in [2.75, 3.05) is 0 Å². The van der Waals surface area contributed by atoms with E-state index in [0.717, 1.165) is 24.8 Å². The van der Waals surface area contributed by atoms with Gasteiger partial charge in [0.2, 0.25) is 10.0 Å². The largest absolute Gasteiger partial charge is 0.361 e. The number of hydrogen-bond acceptors (Lipinski definition) is 4. The number of nitrogens with one attached hydrogen (secondary N) is 1. The molecular weight excluding hydrogens is 288 g/mol. The standard InChI is InChI=1S/C15H18N2O3S/c1-11-8-14(17-20-11)10-16-21(18,19)15-7-6-12-4-2-3-5-13(12)9-15/h6-9,16H,2-5,10H2,1H3. The summed E-state index contributed by atoms with van der Waals surface area (Å²) in [7, 11) is -3.51. The Kier molecular flexibility index (Phi) is 3.82.